The van der Waals surface area contributed by atoms with Gasteiger partial charge >= 0.3 is 0 Å². The van der Waals surface area contributed by atoms with E-state index in [9.17, 15) is 9.90 Å². The Morgan fingerprint density at radius 2 is 1.91 bits per heavy atom. The number of aliphatic hydroxyl groups is 1. The zero-order chi connectivity index (χ0) is 15.7. The van der Waals surface area contributed by atoms with Crippen molar-refractivity contribution in [2.24, 2.45) is 34.5 Å². The molecule has 0 saturated heterocycles. The van der Waals surface area contributed by atoms with Crippen molar-refractivity contribution in [1.82, 2.24) is 0 Å². The van der Waals surface area contributed by atoms with Gasteiger partial charge < -0.3 is 5.11 Å². The molecule has 0 aromatic heterocycles. The second-order valence-corrected chi connectivity index (χ2v) is 9.08. The van der Waals surface area contributed by atoms with E-state index in [1.54, 1.807) is 0 Å². The second kappa shape index (κ2) is 4.69. The lowest BCUT2D eigenvalue weighted by Gasteiger charge is -2.59. The van der Waals surface area contributed by atoms with Crippen molar-refractivity contribution >= 4 is 5.78 Å². The van der Waals surface area contributed by atoms with Crippen LogP contribution in [0.4, 0.5) is 0 Å². The van der Waals surface area contributed by atoms with Crippen molar-refractivity contribution in [2.75, 3.05) is 0 Å². The number of carbonyl (C=O) groups is 1. The maximum absolute atomic E-state index is 11.9. The highest BCUT2D eigenvalue weighted by molar-refractivity contribution is 5.92. The van der Waals surface area contributed by atoms with E-state index in [2.05, 4.69) is 20.8 Å². The predicted octanol–water partition coefficient (Wildman–Crippen LogP) is 4.13. The molecule has 0 aliphatic heterocycles. The van der Waals surface area contributed by atoms with Crippen molar-refractivity contribution < 1.29 is 9.90 Å². The third kappa shape index (κ3) is 1.74. The Labute approximate surface area is 134 Å². The third-order valence-electron chi connectivity index (χ3n) is 8.54. The lowest BCUT2D eigenvalue weighted by atomic mass is 9.46. The third-order valence-corrected chi connectivity index (χ3v) is 8.54. The zero-order valence-electron chi connectivity index (χ0n) is 14.3. The minimum atomic E-state index is -0.462. The van der Waals surface area contributed by atoms with E-state index in [4.69, 9.17) is 0 Å². The molecule has 2 nitrogen and oxygen atoms in total. The maximum atomic E-state index is 11.9. The lowest BCUT2D eigenvalue weighted by molar-refractivity contribution is -0.127. The normalized spacial score (nSPS) is 54.3. The number of fused-ring (bicyclic) bond motifs is 5. The number of hydrogen-bond acceptors (Lipinski definition) is 2. The predicted molar refractivity (Wildman–Crippen MR) is 87.3 cm³/mol. The van der Waals surface area contributed by atoms with Crippen LogP contribution in [0.15, 0.2) is 11.6 Å². The summed E-state index contributed by atoms with van der Waals surface area (Å²) in [4.78, 5) is 11.9. The Morgan fingerprint density at radius 1 is 1.14 bits per heavy atom. The monoisotopic (exact) mass is 302 g/mol. The fourth-order valence-corrected chi connectivity index (χ4v) is 6.87. The molecule has 22 heavy (non-hydrogen) atoms. The van der Waals surface area contributed by atoms with Gasteiger partial charge in [-0.1, -0.05) is 26.3 Å². The molecule has 3 fully saturated rings. The van der Waals surface area contributed by atoms with E-state index in [-0.39, 0.29) is 11.2 Å². The van der Waals surface area contributed by atoms with Crippen molar-refractivity contribution in [2.45, 2.75) is 71.8 Å². The van der Waals surface area contributed by atoms with Gasteiger partial charge in [-0.2, -0.15) is 0 Å². The molecule has 122 valence electrons. The van der Waals surface area contributed by atoms with Crippen LogP contribution in [0.3, 0.4) is 0 Å². The van der Waals surface area contributed by atoms with Gasteiger partial charge in [0.2, 0.25) is 0 Å². The Morgan fingerprint density at radius 3 is 2.68 bits per heavy atom. The molecular weight excluding hydrogens is 272 g/mol. The molecule has 4 aliphatic rings. The number of carbonyl (C=O) groups excluding carboxylic acids is 1. The maximum Gasteiger partial charge on any atom is 0.158 e. The van der Waals surface area contributed by atoms with E-state index in [0.29, 0.717) is 17.8 Å². The molecule has 0 aromatic carbocycles. The fourth-order valence-electron chi connectivity index (χ4n) is 6.87. The van der Waals surface area contributed by atoms with Gasteiger partial charge in [-0.15, -0.1) is 0 Å². The van der Waals surface area contributed by atoms with Crippen LogP contribution in [-0.4, -0.2) is 17.0 Å². The van der Waals surface area contributed by atoms with Crippen molar-refractivity contribution in [3.63, 3.8) is 0 Å². The molecule has 0 spiro atoms. The Kier molecular flexibility index (Phi) is 3.18. The van der Waals surface area contributed by atoms with Crippen LogP contribution >= 0.6 is 0 Å². The summed E-state index contributed by atoms with van der Waals surface area (Å²) in [6.07, 6.45) is 9.32. The highest BCUT2D eigenvalue weighted by atomic mass is 16.3. The summed E-state index contributed by atoms with van der Waals surface area (Å²) < 4.78 is 0. The molecule has 1 N–H and O–H groups in total. The smallest absolute Gasteiger partial charge is 0.158 e. The van der Waals surface area contributed by atoms with Crippen molar-refractivity contribution in [3.8, 4) is 0 Å². The zero-order valence-corrected chi connectivity index (χ0v) is 14.3. The Bertz CT molecular complexity index is 536. The van der Waals surface area contributed by atoms with Gasteiger partial charge in [0.25, 0.3) is 0 Å². The molecular formula is C20H30O2. The quantitative estimate of drug-likeness (QED) is 0.730. The first-order valence-corrected chi connectivity index (χ1v) is 9.29. The SMILES string of the molecule is C[C@@H]1CC[C@H]2[C@@H]3CCC4=CC(=O)CC(O)[C@]4(C)[C@H]3CC[C@]12C. The molecule has 7 atom stereocenters. The van der Waals surface area contributed by atoms with E-state index in [0.717, 1.165) is 24.2 Å². The van der Waals surface area contributed by atoms with Crippen molar-refractivity contribution in [3.05, 3.63) is 11.6 Å². The average Bonchev–Trinajstić information content (AvgIpc) is 2.77. The largest absolute Gasteiger partial charge is 0.392 e. The highest BCUT2D eigenvalue weighted by Gasteiger charge is 2.59. The molecule has 4 rings (SSSR count). The molecule has 3 saturated carbocycles. The average molecular weight is 302 g/mol. The number of aliphatic hydroxyl groups excluding tert-OH is 1. The summed E-state index contributed by atoms with van der Waals surface area (Å²) in [5, 5.41) is 10.8. The summed E-state index contributed by atoms with van der Waals surface area (Å²) in [5.74, 6) is 3.16. The fraction of sp³-hybridized carbons (Fsp3) is 0.850. The molecule has 0 radical (unpaired) electrons. The Balaban J connectivity index is 1.72. The van der Waals surface area contributed by atoms with Gasteiger partial charge in [-0.3, -0.25) is 4.79 Å². The first kappa shape index (κ1) is 14.9. The van der Waals surface area contributed by atoms with Crippen LogP contribution in [-0.2, 0) is 4.79 Å². The first-order chi connectivity index (χ1) is 10.4. The van der Waals surface area contributed by atoms with Crippen LogP contribution in [0.2, 0.25) is 0 Å². The number of hydrogen-bond donors (Lipinski definition) is 1. The first-order valence-electron chi connectivity index (χ1n) is 9.29. The summed E-state index contributed by atoms with van der Waals surface area (Å²) in [7, 11) is 0. The van der Waals surface area contributed by atoms with Crippen LogP contribution < -0.4 is 0 Å². The summed E-state index contributed by atoms with van der Waals surface area (Å²) in [6.45, 7) is 7.23. The van der Waals surface area contributed by atoms with Gasteiger partial charge in [-0.05, 0) is 73.7 Å². The molecule has 1 unspecified atom stereocenters. The standard InChI is InChI=1S/C20H30O2/c1-12-4-7-16-15-6-5-13-10-14(21)11-18(22)20(13,3)17(15)8-9-19(12,16)2/h10,12,15-18,22H,4-9,11H2,1-3H3/t12-,15+,16+,17+,18?,19-,20+/m1/s1. The molecule has 2 heteroatoms. The van der Waals surface area contributed by atoms with E-state index >= 15 is 0 Å². The molecule has 0 amide bonds. The second-order valence-electron chi connectivity index (χ2n) is 9.08. The molecule has 0 bridgehead atoms. The van der Waals surface area contributed by atoms with E-state index < -0.39 is 6.10 Å². The van der Waals surface area contributed by atoms with Gasteiger partial charge in [0.05, 0.1) is 6.10 Å². The van der Waals surface area contributed by atoms with E-state index in [1.165, 1.54) is 37.7 Å². The van der Waals surface area contributed by atoms with Gasteiger partial charge in [0.1, 0.15) is 0 Å². The molecule has 0 heterocycles. The summed E-state index contributed by atoms with van der Waals surface area (Å²) >= 11 is 0. The Hall–Kier alpha value is -0.630. The number of ketones is 1. The lowest BCUT2D eigenvalue weighted by Crippen LogP contribution is -2.55. The highest BCUT2D eigenvalue weighted by Crippen LogP contribution is 2.66. The van der Waals surface area contributed by atoms with Crippen LogP contribution in [0.1, 0.15) is 65.7 Å². The van der Waals surface area contributed by atoms with Crippen LogP contribution in [0.5, 0.6) is 0 Å². The topological polar surface area (TPSA) is 37.3 Å². The summed E-state index contributed by atoms with van der Waals surface area (Å²) in [6, 6.07) is 0. The van der Waals surface area contributed by atoms with Gasteiger partial charge in [-0.25, -0.2) is 0 Å². The van der Waals surface area contributed by atoms with Gasteiger partial charge in [0, 0.05) is 11.8 Å². The molecule has 4 aliphatic carbocycles. The minimum absolute atomic E-state index is 0.133. The van der Waals surface area contributed by atoms with E-state index in [1.807, 2.05) is 6.08 Å². The van der Waals surface area contributed by atoms with Crippen molar-refractivity contribution in [1.29, 1.82) is 0 Å². The number of rotatable bonds is 0. The van der Waals surface area contributed by atoms with Gasteiger partial charge in [0.15, 0.2) is 5.78 Å². The van der Waals surface area contributed by atoms with Crippen LogP contribution in [0.25, 0.3) is 0 Å². The summed E-state index contributed by atoms with van der Waals surface area (Å²) in [5.41, 5.74) is 1.64. The minimum Gasteiger partial charge on any atom is -0.392 e. The molecule has 0 aromatic rings. The van der Waals surface area contributed by atoms with Crippen LogP contribution in [0, 0.1) is 34.5 Å².